The summed E-state index contributed by atoms with van der Waals surface area (Å²) >= 11 is 0. The number of carbonyl (C=O) groups excluding carboxylic acids is 1. The second-order valence-electron chi connectivity index (χ2n) is 4.09. The molecule has 1 atom stereocenters. The van der Waals surface area contributed by atoms with Crippen LogP contribution in [0, 0.1) is 0 Å². The van der Waals surface area contributed by atoms with Crippen molar-refractivity contribution >= 4 is 17.6 Å². The number of rotatable bonds is 4. The van der Waals surface area contributed by atoms with E-state index in [9.17, 15) is 9.59 Å². The first kappa shape index (κ1) is 12.5. The van der Waals surface area contributed by atoms with E-state index in [1.54, 1.807) is 24.3 Å². The zero-order valence-corrected chi connectivity index (χ0v) is 9.70. The average Bonchev–Trinajstić information content (AvgIpc) is 2.76. The highest BCUT2D eigenvalue weighted by molar-refractivity contribution is 5.92. The van der Waals surface area contributed by atoms with Crippen LogP contribution in [-0.4, -0.2) is 29.6 Å². The minimum Gasteiger partial charge on any atom is -0.480 e. The Bertz CT molecular complexity index is 458. The number of hydroxylamine groups is 1. The molecule has 1 unspecified atom stereocenters. The maximum absolute atomic E-state index is 11.4. The third-order valence-corrected chi connectivity index (χ3v) is 2.71. The molecular formula is C12H14N2O4. The van der Waals surface area contributed by atoms with E-state index in [2.05, 4.69) is 0 Å². The van der Waals surface area contributed by atoms with Gasteiger partial charge in [0.15, 0.2) is 0 Å². The van der Waals surface area contributed by atoms with Gasteiger partial charge in [-0.1, -0.05) is 12.1 Å². The van der Waals surface area contributed by atoms with Crippen LogP contribution in [0.5, 0.6) is 0 Å². The summed E-state index contributed by atoms with van der Waals surface area (Å²) < 4.78 is 0. The van der Waals surface area contributed by atoms with Crippen molar-refractivity contribution in [1.82, 2.24) is 0 Å². The van der Waals surface area contributed by atoms with E-state index < -0.39 is 12.0 Å². The first-order chi connectivity index (χ1) is 8.58. The van der Waals surface area contributed by atoms with E-state index in [0.29, 0.717) is 18.7 Å². The van der Waals surface area contributed by atoms with Crippen molar-refractivity contribution in [2.45, 2.75) is 18.9 Å². The van der Waals surface area contributed by atoms with Crippen molar-refractivity contribution in [3.63, 3.8) is 0 Å². The van der Waals surface area contributed by atoms with Gasteiger partial charge in [-0.25, -0.2) is 0 Å². The number of carbonyl (C=O) groups is 2. The Kier molecular flexibility index (Phi) is 3.59. The SMILES string of the molecule is NC(Cc1ccc(N2OCCC2=O)cc1)C(=O)O. The van der Waals surface area contributed by atoms with Crippen LogP contribution < -0.4 is 10.8 Å². The summed E-state index contributed by atoms with van der Waals surface area (Å²) in [5, 5.41) is 9.96. The highest BCUT2D eigenvalue weighted by atomic mass is 16.7. The van der Waals surface area contributed by atoms with Crippen molar-refractivity contribution in [3.05, 3.63) is 29.8 Å². The molecule has 1 aliphatic heterocycles. The van der Waals surface area contributed by atoms with Crippen LogP contribution in [0.1, 0.15) is 12.0 Å². The van der Waals surface area contributed by atoms with Gasteiger partial charge in [-0.15, -0.1) is 0 Å². The molecule has 3 N–H and O–H groups in total. The molecule has 1 aromatic rings. The second kappa shape index (κ2) is 5.16. The zero-order chi connectivity index (χ0) is 13.1. The Morgan fingerprint density at radius 1 is 1.44 bits per heavy atom. The van der Waals surface area contributed by atoms with E-state index in [1.807, 2.05) is 0 Å². The van der Waals surface area contributed by atoms with Crippen LogP contribution in [0.2, 0.25) is 0 Å². The fourth-order valence-corrected chi connectivity index (χ4v) is 1.72. The molecule has 2 rings (SSSR count). The van der Waals surface area contributed by atoms with E-state index in [4.69, 9.17) is 15.7 Å². The van der Waals surface area contributed by atoms with Crippen LogP contribution in [0.4, 0.5) is 5.69 Å². The Morgan fingerprint density at radius 3 is 2.61 bits per heavy atom. The Hall–Kier alpha value is -1.92. The smallest absolute Gasteiger partial charge is 0.320 e. The summed E-state index contributed by atoms with van der Waals surface area (Å²) in [7, 11) is 0. The quantitative estimate of drug-likeness (QED) is 0.802. The third kappa shape index (κ3) is 2.66. The molecule has 1 saturated heterocycles. The van der Waals surface area contributed by atoms with Crippen LogP contribution in [-0.2, 0) is 20.8 Å². The third-order valence-electron chi connectivity index (χ3n) is 2.71. The molecule has 0 spiro atoms. The molecule has 18 heavy (non-hydrogen) atoms. The van der Waals surface area contributed by atoms with Gasteiger partial charge in [0.05, 0.1) is 18.7 Å². The minimum atomic E-state index is -1.03. The van der Waals surface area contributed by atoms with Gasteiger partial charge >= 0.3 is 5.97 Å². The molecule has 6 heteroatoms. The molecule has 1 fully saturated rings. The van der Waals surface area contributed by atoms with E-state index >= 15 is 0 Å². The number of amides is 1. The standard InChI is InChI=1S/C12H14N2O4/c13-10(12(16)17)7-8-1-3-9(4-2-8)14-11(15)5-6-18-14/h1-4,10H,5-7,13H2,(H,16,17). The first-order valence-electron chi connectivity index (χ1n) is 5.61. The number of anilines is 1. The fraction of sp³-hybridized carbons (Fsp3) is 0.333. The number of hydrogen-bond donors (Lipinski definition) is 2. The molecule has 1 amide bonds. The molecular weight excluding hydrogens is 236 g/mol. The van der Waals surface area contributed by atoms with Crippen molar-refractivity contribution in [1.29, 1.82) is 0 Å². The summed E-state index contributed by atoms with van der Waals surface area (Å²) in [6.45, 7) is 0.393. The second-order valence-corrected chi connectivity index (χ2v) is 4.09. The van der Waals surface area contributed by atoms with Crippen LogP contribution in [0.3, 0.4) is 0 Å². The number of aliphatic carboxylic acids is 1. The monoisotopic (exact) mass is 250 g/mol. The van der Waals surface area contributed by atoms with Gasteiger partial charge in [-0.2, -0.15) is 5.06 Å². The maximum atomic E-state index is 11.4. The summed E-state index contributed by atoms with van der Waals surface area (Å²) in [5.41, 5.74) is 6.89. The normalized spacial score (nSPS) is 16.9. The molecule has 0 radical (unpaired) electrons. The van der Waals surface area contributed by atoms with Gasteiger partial charge in [0.2, 0.25) is 0 Å². The van der Waals surface area contributed by atoms with Gasteiger partial charge in [-0.05, 0) is 24.1 Å². The number of carboxylic acid groups (broad SMARTS) is 1. The molecule has 0 bridgehead atoms. The highest BCUT2D eigenvalue weighted by Gasteiger charge is 2.23. The summed E-state index contributed by atoms with van der Waals surface area (Å²) in [6.07, 6.45) is 0.635. The number of nitrogens with zero attached hydrogens (tertiary/aromatic N) is 1. The molecule has 1 heterocycles. The maximum Gasteiger partial charge on any atom is 0.320 e. The van der Waals surface area contributed by atoms with Crippen LogP contribution >= 0.6 is 0 Å². The lowest BCUT2D eigenvalue weighted by Crippen LogP contribution is -2.32. The van der Waals surface area contributed by atoms with E-state index in [1.165, 1.54) is 5.06 Å². The molecule has 96 valence electrons. The lowest BCUT2D eigenvalue weighted by Gasteiger charge is -2.14. The van der Waals surface area contributed by atoms with E-state index in [-0.39, 0.29) is 12.3 Å². The average molecular weight is 250 g/mol. The summed E-state index contributed by atoms with van der Waals surface area (Å²) in [5.74, 6) is -1.11. The van der Waals surface area contributed by atoms with Gasteiger partial charge in [0.25, 0.3) is 5.91 Å². The Labute approximate surface area is 104 Å². The molecule has 1 aliphatic rings. The largest absolute Gasteiger partial charge is 0.480 e. The van der Waals surface area contributed by atoms with Gasteiger partial charge in [-0.3, -0.25) is 14.4 Å². The van der Waals surface area contributed by atoms with Crippen molar-refractivity contribution in [3.8, 4) is 0 Å². The molecule has 0 aromatic heterocycles. The Balaban J connectivity index is 2.05. The van der Waals surface area contributed by atoms with E-state index in [0.717, 1.165) is 5.56 Å². The van der Waals surface area contributed by atoms with Gasteiger partial charge in [0, 0.05) is 0 Å². The molecule has 0 aliphatic carbocycles. The summed E-state index contributed by atoms with van der Waals surface area (Å²) in [4.78, 5) is 27.2. The lowest BCUT2D eigenvalue weighted by molar-refractivity contribution is -0.138. The lowest BCUT2D eigenvalue weighted by atomic mass is 10.1. The molecule has 0 saturated carbocycles. The highest BCUT2D eigenvalue weighted by Crippen LogP contribution is 2.20. The minimum absolute atomic E-state index is 0.0787. The summed E-state index contributed by atoms with van der Waals surface area (Å²) in [6, 6.07) is 6.00. The predicted molar refractivity (Wildman–Crippen MR) is 63.8 cm³/mol. The molecule has 6 nitrogen and oxygen atoms in total. The number of benzene rings is 1. The van der Waals surface area contributed by atoms with Crippen molar-refractivity contribution in [2.24, 2.45) is 5.73 Å². The Morgan fingerprint density at radius 2 is 2.11 bits per heavy atom. The number of carboxylic acids is 1. The van der Waals surface area contributed by atoms with Crippen LogP contribution in [0.15, 0.2) is 24.3 Å². The van der Waals surface area contributed by atoms with Gasteiger partial charge in [0.1, 0.15) is 6.04 Å². The predicted octanol–water partition coefficient (Wildman–Crippen LogP) is 0.309. The first-order valence-corrected chi connectivity index (χ1v) is 5.61. The zero-order valence-electron chi connectivity index (χ0n) is 9.70. The topological polar surface area (TPSA) is 92.9 Å². The van der Waals surface area contributed by atoms with Crippen LogP contribution in [0.25, 0.3) is 0 Å². The fourth-order valence-electron chi connectivity index (χ4n) is 1.72. The van der Waals surface area contributed by atoms with Gasteiger partial charge < -0.3 is 10.8 Å². The van der Waals surface area contributed by atoms with Crippen molar-refractivity contribution in [2.75, 3.05) is 11.7 Å². The molecule has 1 aromatic carbocycles. The number of hydrogen-bond acceptors (Lipinski definition) is 4. The van der Waals surface area contributed by atoms with Crippen molar-refractivity contribution < 1.29 is 19.5 Å². The number of nitrogens with two attached hydrogens (primary N) is 1.